The van der Waals surface area contributed by atoms with Gasteiger partial charge in [0.05, 0.1) is 18.2 Å². The standard InChI is InChI=1S/C17H21NO2/c1-12-8-13(2)10-15(9-12)17(3)7-6-14(11-18(17)4)16(19)20-5/h6-11H,1-5H3/t17-/m1/s1. The molecule has 3 heteroatoms. The van der Waals surface area contributed by atoms with E-state index in [1.807, 2.05) is 30.3 Å². The summed E-state index contributed by atoms with van der Waals surface area (Å²) in [5, 5.41) is 0. The van der Waals surface area contributed by atoms with Crippen LogP contribution in [0.2, 0.25) is 0 Å². The minimum Gasteiger partial charge on any atom is -0.465 e. The Kier molecular flexibility index (Phi) is 3.71. The fourth-order valence-corrected chi connectivity index (χ4v) is 2.56. The van der Waals surface area contributed by atoms with Crippen LogP contribution < -0.4 is 0 Å². The van der Waals surface area contributed by atoms with Crippen molar-refractivity contribution >= 4 is 5.97 Å². The molecule has 1 aliphatic heterocycles. The van der Waals surface area contributed by atoms with Gasteiger partial charge in [-0.2, -0.15) is 0 Å². The van der Waals surface area contributed by atoms with Crippen LogP contribution in [0.25, 0.3) is 0 Å². The lowest BCUT2D eigenvalue weighted by molar-refractivity contribution is -0.135. The van der Waals surface area contributed by atoms with E-state index in [0.717, 1.165) is 0 Å². The largest absolute Gasteiger partial charge is 0.465 e. The van der Waals surface area contributed by atoms with Gasteiger partial charge in [0, 0.05) is 13.2 Å². The predicted molar refractivity (Wildman–Crippen MR) is 80.3 cm³/mol. The molecule has 0 bridgehead atoms. The number of hydrogen-bond donors (Lipinski definition) is 0. The van der Waals surface area contributed by atoms with E-state index in [0.29, 0.717) is 5.57 Å². The van der Waals surface area contributed by atoms with Crippen molar-refractivity contribution in [3.05, 3.63) is 58.8 Å². The molecule has 1 aliphatic rings. The van der Waals surface area contributed by atoms with Crippen molar-refractivity contribution < 1.29 is 9.53 Å². The molecule has 0 unspecified atom stereocenters. The molecule has 0 saturated heterocycles. The SMILES string of the molecule is COC(=O)C1=CN(C)[C@@](C)(c2cc(C)cc(C)c2)C=C1. The molecule has 0 radical (unpaired) electrons. The molecular formula is C17H21NO2. The zero-order chi connectivity index (χ0) is 14.9. The summed E-state index contributed by atoms with van der Waals surface area (Å²) < 4.78 is 4.76. The molecule has 0 aromatic heterocycles. The zero-order valence-electron chi connectivity index (χ0n) is 12.7. The number of ether oxygens (including phenoxy) is 1. The number of esters is 1. The van der Waals surface area contributed by atoms with Gasteiger partial charge in [0.15, 0.2) is 0 Å². The van der Waals surface area contributed by atoms with Crippen LogP contribution in [-0.4, -0.2) is 25.0 Å². The Morgan fingerprint density at radius 2 is 1.80 bits per heavy atom. The van der Waals surface area contributed by atoms with Crippen molar-refractivity contribution in [3.8, 4) is 0 Å². The quantitative estimate of drug-likeness (QED) is 0.774. The Balaban J connectivity index is 2.41. The van der Waals surface area contributed by atoms with Crippen LogP contribution in [0.3, 0.4) is 0 Å². The van der Waals surface area contributed by atoms with Gasteiger partial charge < -0.3 is 9.64 Å². The topological polar surface area (TPSA) is 29.5 Å². The van der Waals surface area contributed by atoms with E-state index < -0.39 is 0 Å². The maximum absolute atomic E-state index is 11.6. The molecule has 1 aromatic carbocycles. The van der Waals surface area contributed by atoms with E-state index in [1.54, 1.807) is 0 Å². The Morgan fingerprint density at radius 3 is 2.30 bits per heavy atom. The van der Waals surface area contributed by atoms with Crippen LogP contribution in [0.15, 0.2) is 42.1 Å². The fourth-order valence-electron chi connectivity index (χ4n) is 2.56. The molecule has 0 aliphatic carbocycles. The van der Waals surface area contributed by atoms with Crippen molar-refractivity contribution in [2.45, 2.75) is 26.3 Å². The molecule has 106 valence electrons. The summed E-state index contributed by atoms with van der Waals surface area (Å²) in [4.78, 5) is 13.6. The molecule has 0 saturated carbocycles. The summed E-state index contributed by atoms with van der Waals surface area (Å²) in [6, 6.07) is 6.53. The van der Waals surface area contributed by atoms with Crippen LogP contribution in [-0.2, 0) is 15.1 Å². The highest BCUT2D eigenvalue weighted by Gasteiger charge is 2.31. The summed E-state index contributed by atoms with van der Waals surface area (Å²) in [6.07, 6.45) is 5.72. The minimum atomic E-state index is -0.310. The third-order valence-corrected chi connectivity index (χ3v) is 3.88. The van der Waals surface area contributed by atoms with Gasteiger partial charge in [-0.25, -0.2) is 4.79 Å². The first-order valence-electron chi connectivity index (χ1n) is 6.68. The molecule has 20 heavy (non-hydrogen) atoms. The van der Waals surface area contributed by atoms with Gasteiger partial charge in [0.1, 0.15) is 0 Å². The fraction of sp³-hybridized carbons (Fsp3) is 0.353. The highest BCUT2D eigenvalue weighted by molar-refractivity contribution is 5.91. The third-order valence-electron chi connectivity index (χ3n) is 3.88. The Morgan fingerprint density at radius 1 is 1.20 bits per heavy atom. The Hall–Kier alpha value is -2.03. The maximum atomic E-state index is 11.6. The smallest absolute Gasteiger partial charge is 0.339 e. The number of likely N-dealkylation sites (N-methyl/N-ethyl adjacent to an activating group) is 1. The molecule has 3 nitrogen and oxygen atoms in total. The molecule has 1 aromatic rings. The number of hydrogen-bond acceptors (Lipinski definition) is 3. The zero-order valence-corrected chi connectivity index (χ0v) is 12.7. The summed E-state index contributed by atoms with van der Waals surface area (Å²) in [5.74, 6) is -0.310. The average Bonchev–Trinajstić information content (AvgIpc) is 2.40. The van der Waals surface area contributed by atoms with Crippen molar-refractivity contribution in [1.82, 2.24) is 4.90 Å². The van der Waals surface area contributed by atoms with Gasteiger partial charge in [0.25, 0.3) is 0 Å². The summed E-state index contributed by atoms with van der Waals surface area (Å²) in [5.41, 5.74) is 4.01. The first-order valence-corrected chi connectivity index (χ1v) is 6.68. The van der Waals surface area contributed by atoms with Crippen molar-refractivity contribution in [2.75, 3.05) is 14.2 Å². The second-order valence-corrected chi connectivity index (χ2v) is 5.54. The lowest BCUT2D eigenvalue weighted by atomic mass is 9.86. The number of rotatable bonds is 2. The van der Waals surface area contributed by atoms with Crippen molar-refractivity contribution in [1.29, 1.82) is 0 Å². The van der Waals surface area contributed by atoms with E-state index in [-0.39, 0.29) is 11.5 Å². The van der Waals surface area contributed by atoms with Gasteiger partial charge in [-0.1, -0.05) is 35.4 Å². The second kappa shape index (κ2) is 5.16. The van der Waals surface area contributed by atoms with E-state index >= 15 is 0 Å². The lowest BCUT2D eigenvalue weighted by Crippen LogP contribution is -2.38. The molecule has 1 atom stereocenters. The highest BCUT2D eigenvalue weighted by atomic mass is 16.5. The molecule has 0 N–H and O–H groups in total. The molecule has 1 heterocycles. The monoisotopic (exact) mass is 271 g/mol. The summed E-state index contributed by atoms with van der Waals surface area (Å²) in [7, 11) is 3.37. The van der Waals surface area contributed by atoms with Gasteiger partial charge in [0.2, 0.25) is 0 Å². The van der Waals surface area contributed by atoms with Crippen LogP contribution in [0.5, 0.6) is 0 Å². The molecular weight excluding hydrogens is 250 g/mol. The summed E-state index contributed by atoms with van der Waals surface area (Å²) >= 11 is 0. The van der Waals surface area contributed by atoms with E-state index in [2.05, 4.69) is 39.0 Å². The van der Waals surface area contributed by atoms with Crippen molar-refractivity contribution in [3.63, 3.8) is 0 Å². The van der Waals surface area contributed by atoms with Gasteiger partial charge in [-0.05, 0) is 32.4 Å². The second-order valence-electron chi connectivity index (χ2n) is 5.54. The number of carbonyl (C=O) groups is 1. The molecule has 0 amide bonds. The van der Waals surface area contributed by atoms with Crippen LogP contribution >= 0.6 is 0 Å². The number of benzene rings is 1. The number of aryl methyl sites for hydroxylation is 2. The molecule has 0 fully saturated rings. The Labute approximate surface area is 120 Å². The lowest BCUT2D eigenvalue weighted by Gasteiger charge is -2.39. The van der Waals surface area contributed by atoms with Crippen LogP contribution in [0.4, 0.5) is 0 Å². The maximum Gasteiger partial charge on any atom is 0.339 e. The predicted octanol–water partition coefficient (Wildman–Crippen LogP) is 3.08. The highest BCUT2D eigenvalue weighted by Crippen LogP contribution is 2.34. The minimum absolute atomic E-state index is 0.256. The third kappa shape index (κ3) is 2.48. The van der Waals surface area contributed by atoms with Crippen molar-refractivity contribution in [2.24, 2.45) is 0 Å². The van der Waals surface area contributed by atoms with E-state index in [9.17, 15) is 4.79 Å². The van der Waals surface area contributed by atoms with Gasteiger partial charge >= 0.3 is 5.97 Å². The first-order chi connectivity index (χ1) is 9.36. The van der Waals surface area contributed by atoms with Crippen LogP contribution in [0.1, 0.15) is 23.6 Å². The van der Waals surface area contributed by atoms with Gasteiger partial charge in [-0.15, -0.1) is 0 Å². The van der Waals surface area contributed by atoms with Gasteiger partial charge in [-0.3, -0.25) is 0 Å². The first kappa shape index (κ1) is 14.4. The Bertz CT molecular complexity index is 581. The average molecular weight is 271 g/mol. The molecule has 2 rings (SSSR count). The van der Waals surface area contributed by atoms with E-state index in [4.69, 9.17) is 4.74 Å². The number of nitrogens with zero attached hydrogens (tertiary/aromatic N) is 1. The normalized spacial score (nSPS) is 21.6. The molecule has 0 spiro atoms. The van der Waals surface area contributed by atoms with Crippen LogP contribution in [0, 0.1) is 13.8 Å². The number of carbonyl (C=O) groups excluding carboxylic acids is 1. The van der Waals surface area contributed by atoms with E-state index in [1.165, 1.54) is 23.8 Å². The number of methoxy groups -OCH3 is 1. The summed E-state index contributed by atoms with van der Waals surface area (Å²) in [6.45, 7) is 6.34.